The molecule has 0 saturated carbocycles. The number of benzene rings is 3. The lowest BCUT2D eigenvalue weighted by Gasteiger charge is -2.22. The lowest BCUT2D eigenvalue weighted by molar-refractivity contribution is 0.594. The highest BCUT2D eigenvalue weighted by atomic mass is 15.1. The number of fused-ring (bicyclic) bond motifs is 2. The van der Waals surface area contributed by atoms with Crippen LogP contribution in [-0.2, 0) is 6.54 Å². The first kappa shape index (κ1) is 22.6. The van der Waals surface area contributed by atoms with Gasteiger partial charge in [-0.05, 0) is 55.9 Å². The van der Waals surface area contributed by atoms with Crippen LogP contribution in [0.2, 0.25) is 0 Å². The van der Waals surface area contributed by atoms with E-state index in [0.29, 0.717) is 5.92 Å². The largest absolute Gasteiger partial charge is 0.324 e. The molecule has 4 aromatic rings. The fraction of sp³-hybridized carbons (Fsp3) is 0.355. The van der Waals surface area contributed by atoms with Crippen molar-refractivity contribution >= 4 is 22.4 Å². The zero-order valence-corrected chi connectivity index (χ0v) is 20.9. The zero-order chi connectivity index (χ0) is 23.7. The standard InChI is InChI=1S/C31H35N3/c1-5-6-7-8-17-34-30-19-26-23(4)18-27(24-13-9-21(2)10-14-24)32-28(26)20-29(30)33-31(34)25-15-11-22(3)12-16-25/h9-16,19-20,23H,5-8,17-18H2,1-4H3. The summed E-state index contributed by atoms with van der Waals surface area (Å²) in [5.41, 5.74) is 10.9. The molecule has 3 heteroatoms. The van der Waals surface area contributed by atoms with Crippen LogP contribution in [0.5, 0.6) is 0 Å². The van der Waals surface area contributed by atoms with Crippen LogP contribution in [0.1, 0.15) is 74.1 Å². The molecule has 3 nitrogen and oxygen atoms in total. The van der Waals surface area contributed by atoms with E-state index in [-0.39, 0.29) is 0 Å². The van der Waals surface area contributed by atoms with Crippen molar-refractivity contribution in [3.8, 4) is 11.4 Å². The second-order valence-electron chi connectivity index (χ2n) is 9.94. The molecule has 0 saturated heterocycles. The lowest BCUT2D eigenvalue weighted by Crippen LogP contribution is -2.11. The van der Waals surface area contributed by atoms with Crippen LogP contribution in [0.3, 0.4) is 0 Å². The number of unbranched alkanes of at least 4 members (excludes halogenated alkanes) is 3. The van der Waals surface area contributed by atoms with Crippen LogP contribution in [0.15, 0.2) is 65.7 Å². The van der Waals surface area contributed by atoms with Gasteiger partial charge in [-0.2, -0.15) is 0 Å². The van der Waals surface area contributed by atoms with E-state index in [1.165, 1.54) is 64.7 Å². The molecule has 0 N–H and O–H groups in total. The normalized spacial score (nSPS) is 15.4. The Morgan fingerprint density at radius 3 is 2.21 bits per heavy atom. The van der Waals surface area contributed by atoms with Gasteiger partial charge in [-0.1, -0.05) is 92.8 Å². The van der Waals surface area contributed by atoms with Crippen molar-refractivity contribution in [2.45, 2.75) is 72.3 Å². The van der Waals surface area contributed by atoms with Crippen LogP contribution < -0.4 is 0 Å². The SMILES string of the molecule is CCCCCCn1c(-c2ccc(C)cc2)nc2cc3c(cc21)C(C)CC(c1ccc(C)cc1)=N3. The predicted octanol–water partition coefficient (Wildman–Crippen LogP) is 8.53. The zero-order valence-electron chi connectivity index (χ0n) is 20.9. The summed E-state index contributed by atoms with van der Waals surface area (Å²) in [5, 5.41) is 0. The number of aryl methyl sites for hydroxylation is 3. The third-order valence-electron chi connectivity index (χ3n) is 7.11. The van der Waals surface area contributed by atoms with Gasteiger partial charge in [0.15, 0.2) is 0 Å². The van der Waals surface area contributed by atoms with Gasteiger partial charge in [0.1, 0.15) is 5.82 Å². The molecule has 1 aliphatic heterocycles. The molecule has 0 fully saturated rings. The highest BCUT2D eigenvalue weighted by Crippen LogP contribution is 2.39. The van der Waals surface area contributed by atoms with Gasteiger partial charge in [-0.3, -0.25) is 4.99 Å². The van der Waals surface area contributed by atoms with Crippen molar-refractivity contribution in [3.05, 3.63) is 82.9 Å². The Morgan fingerprint density at radius 1 is 0.853 bits per heavy atom. The lowest BCUT2D eigenvalue weighted by atomic mass is 9.88. The van der Waals surface area contributed by atoms with E-state index >= 15 is 0 Å². The molecule has 0 spiro atoms. The highest BCUT2D eigenvalue weighted by molar-refractivity contribution is 6.04. The molecule has 5 rings (SSSR count). The summed E-state index contributed by atoms with van der Waals surface area (Å²) >= 11 is 0. The number of hydrogen-bond acceptors (Lipinski definition) is 2. The summed E-state index contributed by atoms with van der Waals surface area (Å²) in [6.45, 7) is 9.87. The average Bonchev–Trinajstić information content (AvgIpc) is 3.19. The highest BCUT2D eigenvalue weighted by Gasteiger charge is 2.23. The minimum atomic E-state index is 0.430. The maximum atomic E-state index is 5.15. The topological polar surface area (TPSA) is 30.2 Å². The Balaban J connectivity index is 1.60. The van der Waals surface area contributed by atoms with Gasteiger partial charge in [0, 0.05) is 17.8 Å². The van der Waals surface area contributed by atoms with Crippen molar-refractivity contribution in [2.75, 3.05) is 0 Å². The van der Waals surface area contributed by atoms with Gasteiger partial charge < -0.3 is 4.57 Å². The van der Waals surface area contributed by atoms with Crippen LogP contribution in [0, 0.1) is 13.8 Å². The summed E-state index contributed by atoms with van der Waals surface area (Å²) in [6, 6.07) is 22.1. The summed E-state index contributed by atoms with van der Waals surface area (Å²) in [6.07, 6.45) is 5.95. The van der Waals surface area contributed by atoms with Gasteiger partial charge >= 0.3 is 0 Å². The molecule has 1 atom stereocenters. The molecule has 1 aromatic heterocycles. The number of hydrogen-bond donors (Lipinski definition) is 0. The Hall–Kier alpha value is -3.20. The third kappa shape index (κ3) is 4.44. The third-order valence-corrected chi connectivity index (χ3v) is 7.11. The van der Waals surface area contributed by atoms with E-state index < -0.39 is 0 Å². The molecule has 3 aromatic carbocycles. The van der Waals surface area contributed by atoms with E-state index in [0.717, 1.165) is 30.0 Å². The van der Waals surface area contributed by atoms with E-state index in [2.05, 4.69) is 92.9 Å². The first-order valence-corrected chi connectivity index (χ1v) is 12.8. The van der Waals surface area contributed by atoms with E-state index in [1.807, 2.05) is 0 Å². The molecular weight excluding hydrogens is 414 g/mol. The van der Waals surface area contributed by atoms with Crippen molar-refractivity contribution in [2.24, 2.45) is 4.99 Å². The van der Waals surface area contributed by atoms with Gasteiger partial charge in [-0.25, -0.2) is 4.98 Å². The van der Waals surface area contributed by atoms with Crippen LogP contribution in [0.25, 0.3) is 22.4 Å². The van der Waals surface area contributed by atoms with Crippen LogP contribution in [0.4, 0.5) is 5.69 Å². The maximum Gasteiger partial charge on any atom is 0.141 e. The Morgan fingerprint density at radius 2 is 1.53 bits per heavy atom. The van der Waals surface area contributed by atoms with E-state index in [9.17, 15) is 0 Å². The molecule has 0 amide bonds. The number of aromatic nitrogens is 2. The molecule has 1 unspecified atom stereocenters. The first-order chi connectivity index (χ1) is 16.5. The monoisotopic (exact) mass is 449 g/mol. The summed E-state index contributed by atoms with van der Waals surface area (Å²) in [4.78, 5) is 10.3. The fourth-order valence-corrected chi connectivity index (χ4v) is 5.03. The van der Waals surface area contributed by atoms with Crippen molar-refractivity contribution in [3.63, 3.8) is 0 Å². The second-order valence-corrected chi connectivity index (χ2v) is 9.94. The van der Waals surface area contributed by atoms with E-state index in [1.54, 1.807) is 0 Å². The van der Waals surface area contributed by atoms with Gasteiger partial charge in [0.05, 0.1) is 16.7 Å². The molecule has 1 aliphatic rings. The predicted molar refractivity (Wildman–Crippen MR) is 144 cm³/mol. The Kier molecular flexibility index (Phi) is 6.36. The minimum Gasteiger partial charge on any atom is -0.324 e. The number of aliphatic imine (C=N–C) groups is 1. The minimum absolute atomic E-state index is 0.430. The van der Waals surface area contributed by atoms with Crippen molar-refractivity contribution in [1.29, 1.82) is 0 Å². The Bertz CT molecular complexity index is 1320. The number of imidazole rings is 1. The smallest absolute Gasteiger partial charge is 0.141 e. The van der Waals surface area contributed by atoms with Crippen LogP contribution in [-0.4, -0.2) is 15.3 Å². The van der Waals surface area contributed by atoms with Gasteiger partial charge in [0.2, 0.25) is 0 Å². The molecule has 174 valence electrons. The average molecular weight is 450 g/mol. The summed E-state index contributed by atoms with van der Waals surface area (Å²) in [7, 11) is 0. The van der Waals surface area contributed by atoms with Crippen molar-refractivity contribution in [1.82, 2.24) is 9.55 Å². The number of nitrogens with zero attached hydrogens (tertiary/aromatic N) is 3. The molecule has 0 bridgehead atoms. The van der Waals surface area contributed by atoms with Gasteiger partial charge in [0.25, 0.3) is 0 Å². The van der Waals surface area contributed by atoms with Gasteiger partial charge in [-0.15, -0.1) is 0 Å². The molecule has 0 radical (unpaired) electrons. The van der Waals surface area contributed by atoms with Crippen molar-refractivity contribution < 1.29 is 0 Å². The fourth-order valence-electron chi connectivity index (χ4n) is 5.03. The second kappa shape index (κ2) is 9.58. The maximum absolute atomic E-state index is 5.15. The first-order valence-electron chi connectivity index (χ1n) is 12.8. The molecule has 2 heterocycles. The summed E-state index contributed by atoms with van der Waals surface area (Å²) < 4.78 is 2.45. The molecular formula is C31H35N3. The Labute approximate surface area is 203 Å². The van der Waals surface area contributed by atoms with Crippen LogP contribution >= 0.6 is 0 Å². The quantitative estimate of drug-likeness (QED) is 0.260. The summed E-state index contributed by atoms with van der Waals surface area (Å²) in [5.74, 6) is 1.50. The number of rotatable bonds is 7. The molecule has 0 aliphatic carbocycles. The van der Waals surface area contributed by atoms with E-state index in [4.69, 9.17) is 9.98 Å². The molecule has 34 heavy (non-hydrogen) atoms.